The van der Waals surface area contributed by atoms with Crippen LogP contribution in [-0.4, -0.2) is 24.6 Å². The smallest absolute Gasteiger partial charge is 0.248 e. The average Bonchev–Trinajstić information content (AvgIpc) is 1.98. The minimum Gasteiger partial charge on any atom is -0.274 e. The summed E-state index contributed by atoms with van der Waals surface area (Å²) >= 11 is 0. The molecule has 0 saturated heterocycles. The van der Waals surface area contributed by atoms with Crippen LogP contribution in [0.1, 0.15) is 27.7 Å². The normalized spacial score (nSPS) is 10.9. The molecule has 0 atom stereocenters. The maximum Gasteiger partial charge on any atom is 0.248 e. The summed E-state index contributed by atoms with van der Waals surface area (Å²) in [5.74, 6) is 0.488. The van der Waals surface area contributed by atoms with Gasteiger partial charge in [0.15, 0.2) is 0 Å². The molecule has 0 aromatic heterocycles. The Labute approximate surface area is 74.6 Å². The second-order valence-electron chi connectivity index (χ2n) is 3.63. The van der Waals surface area contributed by atoms with Crippen LogP contribution in [0.3, 0.4) is 0 Å². The molecular formula is C9H19NO2. The third kappa shape index (κ3) is 3.72. The molecular weight excluding hydrogens is 154 g/mol. The van der Waals surface area contributed by atoms with Gasteiger partial charge in [-0.05, 0) is 5.92 Å². The van der Waals surface area contributed by atoms with Gasteiger partial charge >= 0.3 is 0 Å². The lowest BCUT2D eigenvalue weighted by atomic mass is 10.2. The number of hydrogen-bond donors (Lipinski definition) is 0. The highest BCUT2D eigenvalue weighted by Gasteiger charge is 2.17. The van der Waals surface area contributed by atoms with Crippen molar-refractivity contribution in [1.29, 1.82) is 0 Å². The Bertz CT molecular complexity index is 143. The van der Waals surface area contributed by atoms with Crippen molar-refractivity contribution in [3.8, 4) is 0 Å². The van der Waals surface area contributed by atoms with Crippen molar-refractivity contribution in [2.45, 2.75) is 27.7 Å². The van der Waals surface area contributed by atoms with Gasteiger partial charge in [0, 0.05) is 5.92 Å². The first kappa shape index (κ1) is 11.4. The molecule has 0 fully saturated rings. The average molecular weight is 173 g/mol. The highest BCUT2D eigenvalue weighted by atomic mass is 16.7. The first-order valence-electron chi connectivity index (χ1n) is 4.34. The SMILES string of the molecule is CON(CC(C)C)C(=O)C(C)C. The summed E-state index contributed by atoms with van der Waals surface area (Å²) in [4.78, 5) is 16.4. The minimum absolute atomic E-state index is 0.00343. The van der Waals surface area contributed by atoms with E-state index in [0.29, 0.717) is 12.5 Å². The summed E-state index contributed by atoms with van der Waals surface area (Å²) in [5, 5.41) is 1.43. The van der Waals surface area contributed by atoms with E-state index in [2.05, 4.69) is 13.8 Å². The summed E-state index contributed by atoms with van der Waals surface area (Å²) in [5.41, 5.74) is 0. The number of carbonyl (C=O) groups is 1. The zero-order chi connectivity index (χ0) is 9.72. The molecule has 12 heavy (non-hydrogen) atoms. The summed E-state index contributed by atoms with van der Waals surface area (Å²) in [6.45, 7) is 8.51. The molecule has 0 aromatic carbocycles. The minimum atomic E-state index is 0.00343. The Morgan fingerprint density at radius 2 is 1.83 bits per heavy atom. The van der Waals surface area contributed by atoms with Crippen molar-refractivity contribution in [3.05, 3.63) is 0 Å². The topological polar surface area (TPSA) is 29.5 Å². The van der Waals surface area contributed by atoms with Gasteiger partial charge in [-0.3, -0.25) is 9.63 Å². The Morgan fingerprint density at radius 3 is 2.08 bits per heavy atom. The van der Waals surface area contributed by atoms with Gasteiger partial charge in [0.2, 0.25) is 5.91 Å². The molecule has 0 radical (unpaired) electrons. The molecule has 72 valence electrons. The monoisotopic (exact) mass is 173 g/mol. The highest BCUT2D eigenvalue weighted by molar-refractivity contribution is 5.77. The lowest BCUT2D eigenvalue weighted by molar-refractivity contribution is -0.182. The number of hydroxylamine groups is 2. The molecule has 0 unspecified atom stereocenters. The third-order valence-corrected chi connectivity index (χ3v) is 1.49. The second-order valence-corrected chi connectivity index (χ2v) is 3.63. The quantitative estimate of drug-likeness (QED) is 0.605. The van der Waals surface area contributed by atoms with E-state index < -0.39 is 0 Å². The van der Waals surface area contributed by atoms with Crippen LogP contribution >= 0.6 is 0 Å². The van der Waals surface area contributed by atoms with Crippen LogP contribution in [-0.2, 0) is 9.63 Å². The van der Waals surface area contributed by atoms with Crippen molar-refractivity contribution in [1.82, 2.24) is 5.06 Å². The Morgan fingerprint density at radius 1 is 1.33 bits per heavy atom. The van der Waals surface area contributed by atoms with Gasteiger partial charge in [0.25, 0.3) is 0 Å². The van der Waals surface area contributed by atoms with Gasteiger partial charge in [-0.15, -0.1) is 0 Å². The maximum atomic E-state index is 11.4. The predicted octanol–water partition coefficient (Wildman–Crippen LogP) is 1.69. The Kier molecular flexibility index (Phi) is 4.90. The summed E-state index contributed by atoms with van der Waals surface area (Å²) < 4.78 is 0. The Balaban J connectivity index is 4.06. The highest BCUT2D eigenvalue weighted by Crippen LogP contribution is 2.04. The number of rotatable bonds is 4. The van der Waals surface area contributed by atoms with E-state index in [9.17, 15) is 4.79 Å². The molecule has 0 rings (SSSR count). The molecule has 0 saturated carbocycles. The second kappa shape index (κ2) is 5.14. The van der Waals surface area contributed by atoms with Gasteiger partial charge in [-0.2, -0.15) is 0 Å². The molecule has 0 spiro atoms. The molecule has 0 heterocycles. The number of nitrogens with zero attached hydrogens (tertiary/aromatic N) is 1. The lowest BCUT2D eigenvalue weighted by Crippen LogP contribution is -2.36. The van der Waals surface area contributed by atoms with Crippen LogP contribution in [0, 0.1) is 11.8 Å². The fourth-order valence-electron chi connectivity index (χ4n) is 0.874. The van der Waals surface area contributed by atoms with Gasteiger partial charge in [-0.1, -0.05) is 27.7 Å². The number of carbonyl (C=O) groups excluding carboxylic acids is 1. The summed E-state index contributed by atoms with van der Waals surface area (Å²) in [6.07, 6.45) is 0. The molecule has 3 heteroatoms. The van der Waals surface area contributed by atoms with E-state index in [1.54, 1.807) is 0 Å². The van der Waals surface area contributed by atoms with Crippen LogP contribution in [0.4, 0.5) is 0 Å². The largest absolute Gasteiger partial charge is 0.274 e. The Hall–Kier alpha value is -0.570. The molecule has 0 N–H and O–H groups in total. The van der Waals surface area contributed by atoms with Gasteiger partial charge < -0.3 is 0 Å². The molecule has 0 aliphatic carbocycles. The van der Waals surface area contributed by atoms with Crippen LogP contribution in [0.2, 0.25) is 0 Å². The molecule has 1 amide bonds. The van der Waals surface area contributed by atoms with Gasteiger partial charge in [0.1, 0.15) is 0 Å². The molecule has 0 aliphatic heterocycles. The van der Waals surface area contributed by atoms with Crippen molar-refractivity contribution < 1.29 is 9.63 Å². The predicted molar refractivity (Wildman–Crippen MR) is 48.4 cm³/mol. The van der Waals surface area contributed by atoms with Crippen molar-refractivity contribution in [3.63, 3.8) is 0 Å². The molecule has 3 nitrogen and oxygen atoms in total. The van der Waals surface area contributed by atoms with Crippen LogP contribution in [0.25, 0.3) is 0 Å². The van der Waals surface area contributed by atoms with Crippen molar-refractivity contribution in [2.75, 3.05) is 13.7 Å². The van der Waals surface area contributed by atoms with Crippen LogP contribution in [0.15, 0.2) is 0 Å². The van der Waals surface area contributed by atoms with Crippen LogP contribution < -0.4 is 0 Å². The van der Waals surface area contributed by atoms with Gasteiger partial charge in [-0.25, -0.2) is 5.06 Å². The van der Waals surface area contributed by atoms with Crippen molar-refractivity contribution in [2.24, 2.45) is 11.8 Å². The third-order valence-electron chi connectivity index (χ3n) is 1.49. The fraction of sp³-hybridized carbons (Fsp3) is 0.889. The van der Waals surface area contributed by atoms with Crippen molar-refractivity contribution >= 4 is 5.91 Å². The van der Waals surface area contributed by atoms with E-state index in [1.807, 2.05) is 13.8 Å². The zero-order valence-electron chi connectivity index (χ0n) is 8.63. The first-order chi connectivity index (χ1) is 5.49. The van der Waals surface area contributed by atoms with Gasteiger partial charge in [0.05, 0.1) is 13.7 Å². The summed E-state index contributed by atoms with van der Waals surface area (Å²) in [7, 11) is 1.53. The molecule has 0 aromatic rings. The number of hydrogen-bond acceptors (Lipinski definition) is 2. The van der Waals surface area contributed by atoms with E-state index in [4.69, 9.17) is 4.84 Å². The lowest BCUT2D eigenvalue weighted by Gasteiger charge is -2.23. The number of amides is 1. The summed E-state index contributed by atoms with van der Waals surface area (Å²) in [6, 6.07) is 0. The fourth-order valence-corrected chi connectivity index (χ4v) is 0.874. The van der Waals surface area contributed by atoms with E-state index in [1.165, 1.54) is 12.2 Å². The van der Waals surface area contributed by atoms with E-state index >= 15 is 0 Å². The van der Waals surface area contributed by atoms with Crippen LogP contribution in [0.5, 0.6) is 0 Å². The standard InChI is InChI=1S/C9H19NO2/c1-7(2)6-10(12-5)9(11)8(3)4/h7-8H,6H2,1-5H3. The molecule has 0 aliphatic rings. The van der Waals surface area contributed by atoms with E-state index in [0.717, 1.165) is 0 Å². The van der Waals surface area contributed by atoms with E-state index in [-0.39, 0.29) is 11.8 Å². The maximum absolute atomic E-state index is 11.4. The molecule has 0 bridgehead atoms. The zero-order valence-corrected chi connectivity index (χ0v) is 8.63. The first-order valence-corrected chi connectivity index (χ1v) is 4.34.